The van der Waals surface area contributed by atoms with E-state index in [0.717, 1.165) is 18.7 Å². The van der Waals surface area contributed by atoms with Crippen molar-refractivity contribution in [1.29, 1.82) is 0 Å². The summed E-state index contributed by atoms with van der Waals surface area (Å²) in [5, 5.41) is 8.08. The Kier molecular flexibility index (Phi) is 5.25. The van der Waals surface area contributed by atoms with Crippen molar-refractivity contribution in [2.24, 2.45) is 13.0 Å². The fourth-order valence-corrected chi connectivity index (χ4v) is 3.19. The van der Waals surface area contributed by atoms with Crippen LogP contribution in [-0.2, 0) is 7.05 Å². The van der Waals surface area contributed by atoms with Crippen LogP contribution in [0.1, 0.15) is 57.2 Å². The molecule has 4 nitrogen and oxygen atoms in total. The fraction of sp³-hybridized carbons (Fsp3) is 0.800. The molecule has 0 amide bonds. The zero-order chi connectivity index (χ0) is 13.7. The van der Waals surface area contributed by atoms with E-state index >= 15 is 0 Å². The molecule has 0 bridgehead atoms. The monoisotopic (exact) mass is 265 g/mol. The van der Waals surface area contributed by atoms with Gasteiger partial charge >= 0.3 is 0 Å². The maximum absolute atomic E-state index is 5.49. The van der Waals surface area contributed by atoms with E-state index in [2.05, 4.69) is 17.3 Å². The predicted molar refractivity (Wildman–Crippen MR) is 77.4 cm³/mol. The van der Waals surface area contributed by atoms with Gasteiger partial charge in [-0.05, 0) is 31.7 Å². The van der Waals surface area contributed by atoms with Gasteiger partial charge in [0.2, 0.25) is 0 Å². The van der Waals surface area contributed by atoms with Crippen LogP contribution in [-0.4, -0.2) is 23.4 Å². The van der Waals surface area contributed by atoms with Crippen LogP contribution in [0, 0.1) is 5.92 Å². The van der Waals surface area contributed by atoms with Crippen molar-refractivity contribution in [2.75, 3.05) is 13.7 Å². The number of nitrogens with one attached hydrogen (secondary N) is 1. The van der Waals surface area contributed by atoms with Gasteiger partial charge in [-0.15, -0.1) is 0 Å². The van der Waals surface area contributed by atoms with Crippen molar-refractivity contribution in [1.82, 2.24) is 15.1 Å². The molecular formula is C15H27N3O. The topological polar surface area (TPSA) is 39.1 Å². The number of ether oxygens (including phenoxy) is 1. The molecule has 0 aromatic carbocycles. The summed E-state index contributed by atoms with van der Waals surface area (Å²) in [4.78, 5) is 0. The molecular weight excluding hydrogens is 238 g/mol. The average molecular weight is 265 g/mol. The molecule has 1 saturated carbocycles. The first-order valence-corrected chi connectivity index (χ1v) is 7.57. The maximum atomic E-state index is 5.49. The van der Waals surface area contributed by atoms with Gasteiger partial charge in [0.05, 0.1) is 25.0 Å². The Hall–Kier alpha value is -1.03. The Morgan fingerprint density at radius 2 is 2.16 bits per heavy atom. The third-order valence-corrected chi connectivity index (χ3v) is 4.20. The van der Waals surface area contributed by atoms with E-state index in [1.54, 1.807) is 7.11 Å². The van der Waals surface area contributed by atoms with Crippen molar-refractivity contribution in [3.63, 3.8) is 0 Å². The van der Waals surface area contributed by atoms with Gasteiger partial charge in [-0.25, -0.2) is 0 Å². The first-order chi connectivity index (χ1) is 9.27. The van der Waals surface area contributed by atoms with Crippen molar-refractivity contribution >= 4 is 0 Å². The van der Waals surface area contributed by atoms with Crippen LogP contribution < -0.4 is 10.1 Å². The van der Waals surface area contributed by atoms with E-state index in [1.807, 2.05) is 17.9 Å². The van der Waals surface area contributed by atoms with Crippen molar-refractivity contribution in [3.05, 3.63) is 11.9 Å². The minimum absolute atomic E-state index is 0.378. The first kappa shape index (κ1) is 14.4. The lowest BCUT2D eigenvalue weighted by atomic mass is 9.82. The van der Waals surface area contributed by atoms with E-state index in [1.165, 1.54) is 37.8 Å². The molecule has 1 heterocycles. The zero-order valence-electron chi connectivity index (χ0n) is 12.5. The summed E-state index contributed by atoms with van der Waals surface area (Å²) in [5.41, 5.74) is 1.21. The molecule has 0 saturated heterocycles. The van der Waals surface area contributed by atoms with Crippen molar-refractivity contribution in [3.8, 4) is 5.75 Å². The summed E-state index contributed by atoms with van der Waals surface area (Å²) in [6.07, 6.45) is 9.72. The van der Waals surface area contributed by atoms with Gasteiger partial charge < -0.3 is 10.1 Å². The molecule has 1 fully saturated rings. The number of hydrogen-bond donors (Lipinski definition) is 1. The van der Waals surface area contributed by atoms with Crippen LogP contribution >= 0.6 is 0 Å². The smallest absolute Gasteiger partial charge is 0.161 e. The Bertz CT molecular complexity index is 383. The lowest BCUT2D eigenvalue weighted by Crippen LogP contribution is -2.32. The van der Waals surface area contributed by atoms with E-state index in [9.17, 15) is 0 Å². The second kappa shape index (κ2) is 6.94. The lowest BCUT2D eigenvalue weighted by Gasteiger charge is -2.31. The quantitative estimate of drug-likeness (QED) is 0.859. The summed E-state index contributed by atoms with van der Waals surface area (Å²) in [7, 11) is 3.75. The normalized spacial score (nSPS) is 18.5. The number of methoxy groups -OCH3 is 1. The van der Waals surface area contributed by atoms with E-state index in [-0.39, 0.29) is 0 Å². The van der Waals surface area contributed by atoms with Crippen LogP contribution in [0.3, 0.4) is 0 Å². The lowest BCUT2D eigenvalue weighted by molar-refractivity contribution is 0.257. The molecule has 1 unspecified atom stereocenters. The summed E-state index contributed by atoms with van der Waals surface area (Å²) in [6.45, 7) is 3.26. The van der Waals surface area contributed by atoms with Gasteiger partial charge in [0, 0.05) is 7.05 Å². The van der Waals surface area contributed by atoms with Gasteiger partial charge in [-0.2, -0.15) is 5.10 Å². The first-order valence-electron chi connectivity index (χ1n) is 7.57. The number of nitrogens with zero attached hydrogens (tertiary/aromatic N) is 2. The molecule has 19 heavy (non-hydrogen) atoms. The molecule has 1 aromatic rings. The fourth-order valence-electron chi connectivity index (χ4n) is 3.19. The standard InChI is InChI=1S/C15H27N3O/c1-4-10-16-14(12-8-6-5-7-9-12)15-13(19-3)11-17-18(15)2/h11-12,14,16H,4-10H2,1-3H3. The SMILES string of the molecule is CCCNC(c1c(OC)cnn1C)C1CCCCC1. The third-order valence-electron chi connectivity index (χ3n) is 4.20. The number of hydrogen-bond acceptors (Lipinski definition) is 3. The molecule has 4 heteroatoms. The second-order valence-corrected chi connectivity index (χ2v) is 5.55. The highest BCUT2D eigenvalue weighted by atomic mass is 16.5. The van der Waals surface area contributed by atoms with Gasteiger partial charge in [0.1, 0.15) is 0 Å². The largest absolute Gasteiger partial charge is 0.493 e. The van der Waals surface area contributed by atoms with E-state index < -0.39 is 0 Å². The van der Waals surface area contributed by atoms with Gasteiger partial charge in [0.25, 0.3) is 0 Å². The minimum Gasteiger partial charge on any atom is -0.493 e. The molecule has 2 rings (SSSR count). The van der Waals surface area contributed by atoms with Gasteiger partial charge in [-0.3, -0.25) is 4.68 Å². The molecule has 1 aliphatic carbocycles. The van der Waals surface area contributed by atoms with Crippen LogP contribution in [0.4, 0.5) is 0 Å². The Morgan fingerprint density at radius 1 is 1.42 bits per heavy atom. The summed E-state index contributed by atoms with van der Waals surface area (Å²) in [5.74, 6) is 1.63. The van der Waals surface area contributed by atoms with Crippen molar-refractivity contribution < 1.29 is 4.74 Å². The molecule has 1 N–H and O–H groups in total. The summed E-state index contributed by atoms with van der Waals surface area (Å²) < 4.78 is 7.47. The maximum Gasteiger partial charge on any atom is 0.161 e. The highest BCUT2D eigenvalue weighted by Crippen LogP contribution is 2.37. The second-order valence-electron chi connectivity index (χ2n) is 5.55. The molecule has 0 spiro atoms. The Morgan fingerprint density at radius 3 is 2.79 bits per heavy atom. The Labute approximate surface area is 116 Å². The van der Waals surface area contributed by atoms with Crippen molar-refractivity contribution in [2.45, 2.75) is 51.5 Å². The minimum atomic E-state index is 0.378. The van der Waals surface area contributed by atoms with Crippen LogP contribution in [0.15, 0.2) is 6.20 Å². The highest BCUT2D eigenvalue weighted by Gasteiger charge is 2.29. The van der Waals surface area contributed by atoms with E-state index in [0.29, 0.717) is 12.0 Å². The predicted octanol–water partition coefficient (Wildman–Crippen LogP) is 3.05. The highest BCUT2D eigenvalue weighted by molar-refractivity contribution is 5.28. The Balaban J connectivity index is 2.22. The third kappa shape index (κ3) is 3.30. The van der Waals surface area contributed by atoms with Gasteiger partial charge in [-0.1, -0.05) is 26.2 Å². The van der Waals surface area contributed by atoms with Gasteiger partial charge in [0.15, 0.2) is 5.75 Å². The van der Waals surface area contributed by atoms with E-state index in [4.69, 9.17) is 4.74 Å². The average Bonchev–Trinajstić information content (AvgIpc) is 2.82. The van der Waals surface area contributed by atoms with Crippen LogP contribution in [0.2, 0.25) is 0 Å². The number of aryl methyl sites for hydroxylation is 1. The van der Waals surface area contributed by atoms with Crippen LogP contribution in [0.5, 0.6) is 5.75 Å². The zero-order valence-corrected chi connectivity index (χ0v) is 12.5. The summed E-state index contributed by atoms with van der Waals surface area (Å²) >= 11 is 0. The molecule has 1 aliphatic rings. The summed E-state index contributed by atoms with van der Waals surface area (Å²) in [6, 6.07) is 0.378. The van der Waals surface area contributed by atoms with Crippen LogP contribution in [0.25, 0.3) is 0 Å². The molecule has 108 valence electrons. The molecule has 1 atom stereocenters. The molecule has 0 aliphatic heterocycles. The molecule has 0 radical (unpaired) electrons. The number of aromatic nitrogens is 2. The number of rotatable bonds is 6. The molecule has 1 aromatic heterocycles.